The Labute approximate surface area is 110 Å². The van der Waals surface area contributed by atoms with Crippen molar-refractivity contribution in [1.82, 2.24) is 10.2 Å². The molecular formula is C16H22N2. The van der Waals surface area contributed by atoms with Crippen LogP contribution in [0.1, 0.15) is 5.56 Å². The van der Waals surface area contributed by atoms with Crippen molar-refractivity contribution < 1.29 is 0 Å². The first-order valence-corrected chi connectivity index (χ1v) is 6.59. The monoisotopic (exact) mass is 242 g/mol. The molecule has 0 radical (unpaired) electrons. The summed E-state index contributed by atoms with van der Waals surface area (Å²) in [6, 6.07) is 15.3. The van der Waals surface area contributed by atoms with Crippen molar-refractivity contribution in [2.45, 2.75) is 6.42 Å². The summed E-state index contributed by atoms with van der Waals surface area (Å²) in [5.74, 6) is 0. The lowest BCUT2D eigenvalue weighted by Crippen LogP contribution is -2.27. The Hall–Kier alpha value is -1.38. The summed E-state index contributed by atoms with van der Waals surface area (Å²) in [4.78, 5) is 2.20. The quantitative estimate of drug-likeness (QED) is 0.783. The second-order valence-electron chi connectivity index (χ2n) is 4.98. The number of likely N-dealkylation sites (N-methyl/N-ethyl adjacent to an activating group) is 1. The summed E-state index contributed by atoms with van der Waals surface area (Å²) in [7, 11) is 4.20. The van der Waals surface area contributed by atoms with Crippen molar-refractivity contribution in [2.24, 2.45) is 0 Å². The first kappa shape index (κ1) is 13.1. The van der Waals surface area contributed by atoms with Gasteiger partial charge in [-0.2, -0.15) is 0 Å². The topological polar surface area (TPSA) is 15.3 Å². The van der Waals surface area contributed by atoms with E-state index in [-0.39, 0.29) is 0 Å². The minimum absolute atomic E-state index is 1.05. The number of benzene rings is 2. The van der Waals surface area contributed by atoms with Crippen LogP contribution in [0.2, 0.25) is 0 Å². The molecule has 0 aliphatic rings. The van der Waals surface area contributed by atoms with Crippen LogP contribution < -0.4 is 5.32 Å². The first-order valence-electron chi connectivity index (χ1n) is 6.59. The summed E-state index contributed by atoms with van der Waals surface area (Å²) >= 11 is 0. The number of hydrogen-bond acceptors (Lipinski definition) is 2. The third kappa shape index (κ3) is 3.83. The Morgan fingerprint density at radius 1 is 0.944 bits per heavy atom. The fraction of sp³-hybridized carbons (Fsp3) is 0.375. The number of rotatable bonds is 6. The van der Waals surface area contributed by atoms with E-state index in [0.29, 0.717) is 0 Å². The normalized spacial score (nSPS) is 11.3. The van der Waals surface area contributed by atoms with Crippen molar-refractivity contribution in [2.75, 3.05) is 33.7 Å². The van der Waals surface area contributed by atoms with E-state index in [0.717, 1.165) is 26.1 Å². The average molecular weight is 242 g/mol. The van der Waals surface area contributed by atoms with Crippen LogP contribution in [0.3, 0.4) is 0 Å². The first-order chi connectivity index (χ1) is 8.75. The molecule has 2 aromatic carbocycles. The van der Waals surface area contributed by atoms with E-state index in [1.165, 1.54) is 16.3 Å². The van der Waals surface area contributed by atoms with Gasteiger partial charge in [0.2, 0.25) is 0 Å². The molecule has 2 rings (SSSR count). The van der Waals surface area contributed by atoms with Gasteiger partial charge >= 0.3 is 0 Å². The summed E-state index contributed by atoms with van der Waals surface area (Å²) < 4.78 is 0. The van der Waals surface area contributed by atoms with Gasteiger partial charge in [0.25, 0.3) is 0 Å². The van der Waals surface area contributed by atoms with E-state index in [9.17, 15) is 0 Å². The van der Waals surface area contributed by atoms with Crippen molar-refractivity contribution in [1.29, 1.82) is 0 Å². The molecule has 2 heteroatoms. The van der Waals surface area contributed by atoms with Gasteiger partial charge < -0.3 is 10.2 Å². The Balaban J connectivity index is 1.84. The predicted octanol–water partition coefficient (Wildman–Crippen LogP) is 2.53. The highest BCUT2D eigenvalue weighted by Crippen LogP contribution is 2.15. The molecule has 0 saturated heterocycles. The Morgan fingerprint density at radius 3 is 2.50 bits per heavy atom. The van der Waals surface area contributed by atoms with Crippen molar-refractivity contribution >= 4 is 10.8 Å². The second kappa shape index (κ2) is 6.53. The SMILES string of the molecule is CN(C)CCNCCc1ccc2ccccc2c1. The molecule has 2 aromatic rings. The molecule has 0 atom stereocenters. The van der Waals surface area contributed by atoms with Gasteiger partial charge in [-0.1, -0.05) is 42.5 Å². The molecule has 0 aromatic heterocycles. The van der Waals surface area contributed by atoms with Gasteiger partial charge in [-0.05, 0) is 43.4 Å². The van der Waals surface area contributed by atoms with Crippen LogP contribution in [0.4, 0.5) is 0 Å². The van der Waals surface area contributed by atoms with E-state index >= 15 is 0 Å². The zero-order chi connectivity index (χ0) is 12.8. The molecule has 2 nitrogen and oxygen atoms in total. The van der Waals surface area contributed by atoms with Gasteiger partial charge in [0.15, 0.2) is 0 Å². The maximum absolute atomic E-state index is 3.47. The standard InChI is InChI=1S/C16H22N2/c1-18(2)12-11-17-10-9-14-7-8-15-5-3-4-6-16(15)13-14/h3-8,13,17H,9-12H2,1-2H3. The molecule has 96 valence electrons. The number of nitrogens with zero attached hydrogens (tertiary/aromatic N) is 1. The maximum Gasteiger partial charge on any atom is 0.0101 e. The van der Waals surface area contributed by atoms with Gasteiger partial charge in [-0.3, -0.25) is 0 Å². The smallest absolute Gasteiger partial charge is 0.0101 e. The number of hydrogen-bond donors (Lipinski definition) is 1. The summed E-state index contributed by atoms with van der Waals surface area (Å²) in [5, 5.41) is 6.13. The highest BCUT2D eigenvalue weighted by atomic mass is 15.1. The molecule has 0 heterocycles. The minimum atomic E-state index is 1.05. The molecule has 1 N–H and O–H groups in total. The third-order valence-corrected chi connectivity index (χ3v) is 3.14. The van der Waals surface area contributed by atoms with Gasteiger partial charge in [0, 0.05) is 13.1 Å². The molecule has 0 saturated carbocycles. The van der Waals surface area contributed by atoms with Crippen molar-refractivity contribution in [3.8, 4) is 0 Å². The number of nitrogens with one attached hydrogen (secondary N) is 1. The van der Waals surface area contributed by atoms with Crippen molar-refractivity contribution in [3.05, 3.63) is 48.0 Å². The van der Waals surface area contributed by atoms with Gasteiger partial charge in [0.1, 0.15) is 0 Å². The second-order valence-corrected chi connectivity index (χ2v) is 4.98. The van der Waals surface area contributed by atoms with Gasteiger partial charge in [-0.15, -0.1) is 0 Å². The van der Waals surface area contributed by atoms with Crippen LogP contribution in [-0.2, 0) is 6.42 Å². The zero-order valence-electron chi connectivity index (χ0n) is 11.3. The Bertz CT molecular complexity index is 491. The molecule has 0 aliphatic heterocycles. The zero-order valence-corrected chi connectivity index (χ0v) is 11.3. The Morgan fingerprint density at radius 2 is 1.72 bits per heavy atom. The van der Waals surface area contributed by atoms with E-state index in [1.54, 1.807) is 0 Å². The lowest BCUT2D eigenvalue weighted by molar-refractivity contribution is 0.401. The summed E-state index contributed by atoms with van der Waals surface area (Å²) in [6.07, 6.45) is 1.10. The molecule has 0 bridgehead atoms. The van der Waals surface area contributed by atoms with Crippen LogP contribution in [0.25, 0.3) is 10.8 Å². The molecule has 0 aliphatic carbocycles. The number of fused-ring (bicyclic) bond motifs is 1. The lowest BCUT2D eigenvalue weighted by Gasteiger charge is -2.10. The summed E-state index contributed by atoms with van der Waals surface area (Å²) in [6.45, 7) is 3.20. The van der Waals surface area contributed by atoms with Gasteiger partial charge in [0.05, 0.1) is 0 Å². The fourth-order valence-corrected chi connectivity index (χ4v) is 2.05. The van der Waals surface area contributed by atoms with E-state index in [2.05, 4.69) is 66.8 Å². The van der Waals surface area contributed by atoms with Crippen molar-refractivity contribution in [3.63, 3.8) is 0 Å². The molecule has 0 amide bonds. The van der Waals surface area contributed by atoms with E-state index < -0.39 is 0 Å². The summed E-state index contributed by atoms with van der Waals surface area (Å²) in [5.41, 5.74) is 1.41. The average Bonchev–Trinajstić information content (AvgIpc) is 2.38. The Kier molecular flexibility index (Phi) is 4.73. The predicted molar refractivity (Wildman–Crippen MR) is 79.1 cm³/mol. The van der Waals surface area contributed by atoms with E-state index in [4.69, 9.17) is 0 Å². The maximum atomic E-state index is 3.47. The van der Waals surface area contributed by atoms with Crippen LogP contribution in [0.15, 0.2) is 42.5 Å². The van der Waals surface area contributed by atoms with Crippen LogP contribution in [0.5, 0.6) is 0 Å². The van der Waals surface area contributed by atoms with Crippen LogP contribution in [-0.4, -0.2) is 38.6 Å². The van der Waals surface area contributed by atoms with Crippen LogP contribution in [0, 0.1) is 0 Å². The molecular weight excluding hydrogens is 220 g/mol. The largest absolute Gasteiger partial charge is 0.315 e. The van der Waals surface area contributed by atoms with Crippen LogP contribution >= 0.6 is 0 Å². The fourth-order valence-electron chi connectivity index (χ4n) is 2.05. The molecule has 0 fully saturated rings. The highest BCUT2D eigenvalue weighted by molar-refractivity contribution is 5.82. The molecule has 0 spiro atoms. The lowest BCUT2D eigenvalue weighted by atomic mass is 10.1. The molecule has 18 heavy (non-hydrogen) atoms. The highest BCUT2D eigenvalue weighted by Gasteiger charge is 1.96. The third-order valence-electron chi connectivity index (χ3n) is 3.14. The molecule has 0 unspecified atom stereocenters. The minimum Gasteiger partial charge on any atom is -0.315 e. The van der Waals surface area contributed by atoms with Gasteiger partial charge in [-0.25, -0.2) is 0 Å². The van der Waals surface area contributed by atoms with E-state index in [1.807, 2.05) is 0 Å².